The van der Waals surface area contributed by atoms with Crippen LogP contribution < -0.4 is 10.6 Å². The number of aryl methyl sites for hydroxylation is 1. The Bertz CT molecular complexity index is 1340. The first kappa shape index (κ1) is 23.4. The molecule has 0 radical (unpaired) electrons. The van der Waals surface area contributed by atoms with E-state index in [1.54, 1.807) is 36.8 Å². The Hall–Kier alpha value is -4.31. The quantitative estimate of drug-likeness (QED) is 0.379. The third-order valence-electron chi connectivity index (χ3n) is 5.69. The molecule has 5 heterocycles. The Kier molecular flexibility index (Phi) is 7.13. The number of ether oxygens (including phenoxy) is 1. The van der Waals surface area contributed by atoms with E-state index in [9.17, 15) is 4.79 Å². The number of hydrogen-bond donors (Lipinski definition) is 2. The maximum absolute atomic E-state index is 12.4. The molecule has 10 nitrogen and oxygen atoms in total. The van der Waals surface area contributed by atoms with Crippen LogP contribution in [0.5, 0.6) is 0 Å². The van der Waals surface area contributed by atoms with Crippen LogP contribution in [0.3, 0.4) is 0 Å². The van der Waals surface area contributed by atoms with Crippen LogP contribution >= 0.6 is 0 Å². The molecule has 0 unspecified atom stereocenters. The van der Waals surface area contributed by atoms with Gasteiger partial charge in [-0.3, -0.25) is 0 Å². The van der Waals surface area contributed by atoms with Gasteiger partial charge in [0.1, 0.15) is 35.0 Å². The molecule has 0 aliphatic carbocycles. The summed E-state index contributed by atoms with van der Waals surface area (Å²) >= 11 is 0. The van der Waals surface area contributed by atoms with Crippen molar-refractivity contribution in [2.75, 3.05) is 18.4 Å². The SMILES string of the molecule is Cc1cccc(-c2nccc(Nc3ccnc(Cc4ccc(C(=O)OC5CCNCC5)nc4)n3)n2)n1. The van der Waals surface area contributed by atoms with Gasteiger partial charge in [0, 0.05) is 30.7 Å². The second-order valence-electron chi connectivity index (χ2n) is 8.50. The van der Waals surface area contributed by atoms with Crippen LogP contribution in [-0.4, -0.2) is 55.1 Å². The number of nitrogens with one attached hydrogen (secondary N) is 2. The van der Waals surface area contributed by atoms with Gasteiger partial charge >= 0.3 is 5.97 Å². The van der Waals surface area contributed by atoms with Gasteiger partial charge in [-0.1, -0.05) is 12.1 Å². The third kappa shape index (κ3) is 6.02. The fourth-order valence-electron chi connectivity index (χ4n) is 3.86. The van der Waals surface area contributed by atoms with Crippen LogP contribution in [-0.2, 0) is 11.2 Å². The van der Waals surface area contributed by atoms with Crippen molar-refractivity contribution in [3.8, 4) is 11.5 Å². The summed E-state index contributed by atoms with van der Waals surface area (Å²) in [6, 6.07) is 12.8. The molecule has 1 fully saturated rings. The monoisotopic (exact) mass is 482 g/mol. The van der Waals surface area contributed by atoms with Crippen molar-refractivity contribution in [1.82, 2.24) is 35.2 Å². The molecule has 1 saturated heterocycles. The molecule has 1 aliphatic rings. The lowest BCUT2D eigenvalue weighted by Crippen LogP contribution is -2.33. The Morgan fingerprint density at radius 1 is 0.972 bits per heavy atom. The first-order valence-electron chi connectivity index (χ1n) is 11.8. The summed E-state index contributed by atoms with van der Waals surface area (Å²) in [5.74, 6) is 1.97. The Morgan fingerprint density at radius 2 is 1.78 bits per heavy atom. The van der Waals surface area contributed by atoms with Crippen molar-refractivity contribution in [2.24, 2.45) is 0 Å². The molecule has 0 aromatic carbocycles. The van der Waals surface area contributed by atoms with Crippen LogP contribution in [0, 0.1) is 6.92 Å². The van der Waals surface area contributed by atoms with E-state index in [4.69, 9.17) is 4.74 Å². The van der Waals surface area contributed by atoms with E-state index < -0.39 is 0 Å². The van der Waals surface area contributed by atoms with Crippen molar-refractivity contribution in [1.29, 1.82) is 0 Å². The molecular formula is C26H26N8O2. The zero-order chi connectivity index (χ0) is 24.7. The van der Waals surface area contributed by atoms with Gasteiger partial charge in [-0.2, -0.15) is 0 Å². The number of carbonyl (C=O) groups is 1. The number of hydrogen-bond acceptors (Lipinski definition) is 10. The molecule has 0 amide bonds. The highest BCUT2D eigenvalue weighted by molar-refractivity contribution is 5.87. The summed E-state index contributed by atoms with van der Waals surface area (Å²) in [6.07, 6.45) is 7.09. The number of carbonyl (C=O) groups excluding carboxylic acids is 1. The van der Waals surface area contributed by atoms with Gasteiger partial charge in [0.25, 0.3) is 0 Å². The largest absolute Gasteiger partial charge is 0.458 e. The van der Waals surface area contributed by atoms with Gasteiger partial charge < -0.3 is 15.4 Å². The average molecular weight is 483 g/mol. The molecule has 36 heavy (non-hydrogen) atoms. The highest BCUT2D eigenvalue weighted by atomic mass is 16.5. The molecule has 4 aromatic rings. The van der Waals surface area contributed by atoms with Crippen LogP contribution in [0.1, 0.15) is 40.4 Å². The molecule has 2 N–H and O–H groups in total. The molecule has 0 bridgehead atoms. The summed E-state index contributed by atoms with van der Waals surface area (Å²) in [7, 11) is 0. The van der Waals surface area contributed by atoms with E-state index in [1.165, 1.54) is 0 Å². The normalized spacial score (nSPS) is 13.8. The smallest absolute Gasteiger partial charge is 0.357 e. The number of piperidine rings is 1. The van der Waals surface area contributed by atoms with E-state index >= 15 is 0 Å². The molecular weight excluding hydrogens is 456 g/mol. The minimum Gasteiger partial charge on any atom is -0.458 e. The fraction of sp³-hybridized carbons (Fsp3) is 0.269. The van der Waals surface area contributed by atoms with Gasteiger partial charge in [0.05, 0.1) is 0 Å². The molecule has 0 atom stereocenters. The standard InChI is InChI=1S/C26H26N8O2/c1-17-3-2-4-20(31-17)25-29-14-10-23(34-25)32-22-9-13-28-24(33-22)15-18-5-6-21(30-16-18)26(35)36-19-7-11-27-12-8-19/h2-6,9-10,13-14,16,19,27H,7-8,11-12,15H2,1H3,(H,28,29,32,33,34). The van der Waals surface area contributed by atoms with Crippen LogP contribution in [0.2, 0.25) is 0 Å². The lowest BCUT2D eigenvalue weighted by Gasteiger charge is -2.22. The number of rotatable bonds is 7. The number of aromatic nitrogens is 6. The summed E-state index contributed by atoms with van der Waals surface area (Å²) < 4.78 is 5.56. The fourth-order valence-corrected chi connectivity index (χ4v) is 3.86. The molecule has 0 spiro atoms. The molecule has 182 valence electrons. The summed E-state index contributed by atoms with van der Waals surface area (Å²) in [5.41, 5.74) is 2.80. The second kappa shape index (κ2) is 11.0. The maximum Gasteiger partial charge on any atom is 0.357 e. The first-order chi connectivity index (χ1) is 17.6. The second-order valence-corrected chi connectivity index (χ2v) is 8.50. The van der Waals surface area contributed by atoms with Crippen LogP contribution in [0.4, 0.5) is 11.6 Å². The van der Waals surface area contributed by atoms with Crippen molar-refractivity contribution >= 4 is 17.6 Å². The zero-order valence-corrected chi connectivity index (χ0v) is 19.9. The predicted octanol–water partition coefficient (Wildman–Crippen LogP) is 3.28. The lowest BCUT2D eigenvalue weighted by atomic mass is 10.1. The minimum absolute atomic E-state index is 0.0529. The van der Waals surface area contributed by atoms with E-state index in [0.29, 0.717) is 41.1 Å². The van der Waals surface area contributed by atoms with Crippen molar-refractivity contribution < 1.29 is 9.53 Å². The van der Waals surface area contributed by atoms with Gasteiger partial charge in [0.15, 0.2) is 5.82 Å². The Balaban J connectivity index is 1.23. The van der Waals surface area contributed by atoms with Gasteiger partial charge in [-0.15, -0.1) is 0 Å². The molecule has 1 aliphatic heterocycles. The van der Waals surface area contributed by atoms with Gasteiger partial charge in [0.2, 0.25) is 0 Å². The summed E-state index contributed by atoms with van der Waals surface area (Å²) in [6.45, 7) is 3.65. The summed E-state index contributed by atoms with van der Waals surface area (Å²) in [4.78, 5) is 39.0. The van der Waals surface area contributed by atoms with Crippen molar-refractivity contribution in [3.63, 3.8) is 0 Å². The van der Waals surface area contributed by atoms with Gasteiger partial charge in [-0.25, -0.2) is 34.7 Å². The molecule has 5 rings (SSSR count). The highest BCUT2D eigenvalue weighted by Crippen LogP contribution is 2.18. The number of esters is 1. The van der Waals surface area contributed by atoms with E-state index in [1.807, 2.05) is 31.2 Å². The third-order valence-corrected chi connectivity index (χ3v) is 5.69. The predicted molar refractivity (Wildman–Crippen MR) is 134 cm³/mol. The molecule has 0 saturated carbocycles. The topological polar surface area (TPSA) is 128 Å². The minimum atomic E-state index is -0.388. The number of anilines is 2. The van der Waals surface area contributed by atoms with Crippen LogP contribution in [0.25, 0.3) is 11.5 Å². The molecule has 10 heteroatoms. The van der Waals surface area contributed by atoms with Crippen LogP contribution in [0.15, 0.2) is 61.1 Å². The van der Waals surface area contributed by atoms with E-state index in [2.05, 4.69) is 40.5 Å². The Morgan fingerprint density at radius 3 is 2.56 bits per heavy atom. The maximum atomic E-state index is 12.4. The van der Waals surface area contributed by atoms with E-state index in [0.717, 1.165) is 37.2 Å². The van der Waals surface area contributed by atoms with E-state index in [-0.39, 0.29) is 12.1 Å². The zero-order valence-electron chi connectivity index (χ0n) is 19.9. The number of pyridine rings is 2. The first-order valence-corrected chi connectivity index (χ1v) is 11.8. The number of nitrogens with zero attached hydrogens (tertiary/aromatic N) is 6. The molecule has 4 aromatic heterocycles. The average Bonchev–Trinajstić information content (AvgIpc) is 2.90. The Labute approximate surface area is 208 Å². The highest BCUT2D eigenvalue weighted by Gasteiger charge is 2.19. The lowest BCUT2D eigenvalue weighted by molar-refractivity contribution is 0.0223. The van der Waals surface area contributed by atoms with Gasteiger partial charge in [-0.05, 0) is 68.8 Å². The summed E-state index contributed by atoms with van der Waals surface area (Å²) in [5, 5.41) is 6.46. The van der Waals surface area contributed by atoms with Crippen molar-refractivity contribution in [2.45, 2.75) is 32.3 Å². The van der Waals surface area contributed by atoms with Crippen molar-refractivity contribution in [3.05, 3.63) is 83.8 Å².